The first-order chi connectivity index (χ1) is 17.4. The van der Waals surface area contributed by atoms with Gasteiger partial charge < -0.3 is 15.0 Å². The summed E-state index contributed by atoms with van der Waals surface area (Å²) in [5.74, 6) is -0.902. The summed E-state index contributed by atoms with van der Waals surface area (Å²) < 4.78 is 4.70. The third-order valence-corrected chi connectivity index (χ3v) is 6.11. The number of nitro groups is 1. The standard InChI is InChI=1S/C28H27N3O5/c1-36-28(33)22-11-7-20(8-12-22)5-6-21-9-13-23(14-10-21)29-27(32)25-19-24(15-16-26(25)31(34)35)30-17-3-2-4-18-30/h5-16,19H,2-4,17-18H2,1H3,(H,29,32)/b6-5+. The number of nitrogens with one attached hydrogen (secondary N) is 1. The molecule has 36 heavy (non-hydrogen) atoms. The fourth-order valence-electron chi connectivity index (χ4n) is 4.13. The summed E-state index contributed by atoms with van der Waals surface area (Å²) in [6, 6.07) is 18.9. The molecule has 1 N–H and O–H groups in total. The zero-order chi connectivity index (χ0) is 25.5. The number of ether oxygens (including phenoxy) is 1. The van der Waals surface area contributed by atoms with Crippen molar-refractivity contribution in [2.24, 2.45) is 0 Å². The highest BCUT2D eigenvalue weighted by Gasteiger charge is 2.23. The van der Waals surface area contributed by atoms with E-state index in [0.29, 0.717) is 11.3 Å². The highest BCUT2D eigenvalue weighted by atomic mass is 16.6. The number of piperidine rings is 1. The molecule has 0 spiro atoms. The molecule has 184 valence electrons. The molecule has 0 aliphatic carbocycles. The fourth-order valence-corrected chi connectivity index (χ4v) is 4.13. The minimum atomic E-state index is -0.527. The molecule has 1 amide bonds. The average Bonchev–Trinajstić information content (AvgIpc) is 2.92. The van der Waals surface area contributed by atoms with Gasteiger partial charge in [0.1, 0.15) is 5.56 Å². The van der Waals surface area contributed by atoms with E-state index in [4.69, 9.17) is 4.74 Å². The number of carbonyl (C=O) groups excluding carboxylic acids is 2. The summed E-state index contributed by atoms with van der Waals surface area (Å²) >= 11 is 0. The van der Waals surface area contributed by atoms with Crippen molar-refractivity contribution in [3.8, 4) is 0 Å². The minimum Gasteiger partial charge on any atom is -0.465 e. The van der Waals surface area contributed by atoms with Gasteiger partial charge in [0.05, 0.1) is 17.6 Å². The van der Waals surface area contributed by atoms with Gasteiger partial charge in [-0.25, -0.2) is 4.79 Å². The van der Waals surface area contributed by atoms with Crippen LogP contribution in [0.1, 0.15) is 51.1 Å². The van der Waals surface area contributed by atoms with Crippen molar-refractivity contribution >= 4 is 41.1 Å². The van der Waals surface area contributed by atoms with E-state index in [2.05, 4.69) is 10.2 Å². The van der Waals surface area contributed by atoms with Gasteiger partial charge in [0.25, 0.3) is 11.6 Å². The molecule has 1 saturated heterocycles. The van der Waals surface area contributed by atoms with Crippen LogP contribution in [0.3, 0.4) is 0 Å². The number of hydrogen-bond donors (Lipinski definition) is 1. The van der Waals surface area contributed by atoms with Gasteiger partial charge in [0.15, 0.2) is 0 Å². The Bertz CT molecular complexity index is 1280. The van der Waals surface area contributed by atoms with Gasteiger partial charge in [-0.2, -0.15) is 0 Å². The Morgan fingerprint density at radius 1 is 0.917 bits per heavy atom. The third kappa shape index (κ3) is 5.96. The second-order valence-corrected chi connectivity index (χ2v) is 8.53. The zero-order valence-electron chi connectivity index (χ0n) is 20.0. The molecule has 1 aliphatic rings. The van der Waals surface area contributed by atoms with Crippen molar-refractivity contribution in [3.05, 3.63) is 99.1 Å². The Morgan fingerprint density at radius 3 is 2.11 bits per heavy atom. The number of nitrogens with zero attached hydrogens (tertiary/aromatic N) is 2. The lowest BCUT2D eigenvalue weighted by Crippen LogP contribution is -2.29. The number of methoxy groups -OCH3 is 1. The molecule has 0 atom stereocenters. The Hall–Kier alpha value is -4.46. The van der Waals surface area contributed by atoms with Crippen LogP contribution in [0, 0.1) is 10.1 Å². The summed E-state index contributed by atoms with van der Waals surface area (Å²) in [5.41, 5.74) is 3.50. The quantitative estimate of drug-likeness (QED) is 0.197. The van der Waals surface area contributed by atoms with Crippen LogP contribution in [0.25, 0.3) is 12.2 Å². The molecule has 8 nitrogen and oxygen atoms in total. The van der Waals surface area contributed by atoms with Crippen molar-refractivity contribution in [2.45, 2.75) is 19.3 Å². The van der Waals surface area contributed by atoms with Crippen LogP contribution in [-0.4, -0.2) is 37.0 Å². The predicted molar refractivity (Wildman–Crippen MR) is 140 cm³/mol. The predicted octanol–water partition coefficient (Wildman–Crippen LogP) is 5.79. The molecule has 0 saturated carbocycles. The third-order valence-electron chi connectivity index (χ3n) is 6.11. The molecule has 0 radical (unpaired) electrons. The Labute approximate surface area is 209 Å². The Balaban J connectivity index is 1.45. The minimum absolute atomic E-state index is 0.0439. The van der Waals surface area contributed by atoms with E-state index in [0.717, 1.165) is 42.7 Å². The van der Waals surface area contributed by atoms with Crippen molar-refractivity contribution in [1.29, 1.82) is 0 Å². The van der Waals surface area contributed by atoms with Gasteiger partial charge in [0, 0.05) is 30.5 Å². The van der Waals surface area contributed by atoms with Crippen molar-refractivity contribution in [2.75, 3.05) is 30.4 Å². The second-order valence-electron chi connectivity index (χ2n) is 8.53. The summed E-state index contributed by atoms with van der Waals surface area (Å²) in [7, 11) is 1.34. The number of benzene rings is 3. The molecular weight excluding hydrogens is 458 g/mol. The van der Waals surface area contributed by atoms with Crippen LogP contribution < -0.4 is 10.2 Å². The molecule has 1 aliphatic heterocycles. The summed E-state index contributed by atoms with van der Waals surface area (Å²) in [4.78, 5) is 37.7. The number of nitro benzene ring substituents is 1. The van der Waals surface area contributed by atoms with Crippen LogP contribution in [-0.2, 0) is 4.74 Å². The van der Waals surface area contributed by atoms with E-state index in [1.165, 1.54) is 19.6 Å². The molecule has 3 aromatic carbocycles. The highest BCUT2D eigenvalue weighted by Crippen LogP contribution is 2.28. The Kier molecular flexibility index (Phi) is 7.75. The lowest BCUT2D eigenvalue weighted by molar-refractivity contribution is -0.385. The second kappa shape index (κ2) is 11.3. The van der Waals surface area contributed by atoms with Crippen LogP contribution >= 0.6 is 0 Å². The number of carbonyl (C=O) groups is 2. The lowest BCUT2D eigenvalue weighted by atomic mass is 10.1. The number of amides is 1. The smallest absolute Gasteiger partial charge is 0.337 e. The maximum absolute atomic E-state index is 13.0. The molecule has 1 fully saturated rings. The molecule has 4 rings (SSSR count). The van der Waals surface area contributed by atoms with Crippen molar-refractivity contribution < 1.29 is 19.2 Å². The van der Waals surface area contributed by atoms with E-state index in [9.17, 15) is 19.7 Å². The largest absolute Gasteiger partial charge is 0.465 e. The van der Waals surface area contributed by atoms with E-state index in [-0.39, 0.29) is 17.2 Å². The first-order valence-corrected chi connectivity index (χ1v) is 11.8. The van der Waals surface area contributed by atoms with Crippen molar-refractivity contribution in [1.82, 2.24) is 0 Å². The van der Waals surface area contributed by atoms with E-state index >= 15 is 0 Å². The molecule has 0 bridgehead atoms. The monoisotopic (exact) mass is 485 g/mol. The van der Waals surface area contributed by atoms with Crippen LogP contribution in [0.15, 0.2) is 66.7 Å². The average molecular weight is 486 g/mol. The van der Waals surface area contributed by atoms with Gasteiger partial charge in [-0.15, -0.1) is 0 Å². The van der Waals surface area contributed by atoms with E-state index < -0.39 is 10.8 Å². The van der Waals surface area contributed by atoms with E-state index in [1.807, 2.05) is 36.4 Å². The molecule has 0 unspecified atom stereocenters. The first-order valence-electron chi connectivity index (χ1n) is 11.8. The molecule has 3 aromatic rings. The number of esters is 1. The van der Waals surface area contributed by atoms with Crippen molar-refractivity contribution in [3.63, 3.8) is 0 Å². The normalized spacial score (nSPS) is 13.4. The highest BCUT2D eigenvalue weighted by molar-refractivity contribution is 6.07. The van der Waals surface area contributed by atoms with Gasteiger partial charge in [-0.05, 0) is 66.8 Å². The number of hydrogen-bond acceptors (Lipinski definition) is 6. The van der Waals surface area contributed by atoms with Gasteiger partial charge >= 0.3 is 5.97 Å². The first kappa shape index (κ1) is 24.7. The summed E-state index contributed by atoms with van der Waals surface area (Å²) in [6.45, 7) is 1.76. The zero-order valence-corrected chi connectivity index (χ0v) is 20.0. The van der Waals surface area contributed by atoms with Crippen LogP contribution in [0.2, 0.25) is 0 Å². The van der Waals surface area contributed by atoms with Gasteiger partial charge in [-0.1, -0.05) is 36.4 Å². The maximum atomic E-state index is 13.0. The maximum Gasteiger partial charge on any atom is 0.337 e. The number of anilines is 2. The summed E-state index contributed by atoms with van der Waals surface area (Å²) in [6.07, 6.45) is 7.12. The lowest BCUT2D eigenvalue weighted by Gasteiger charge is -2.29. The van der Waals surface area contributed by atoms with E-state index in [1.54, 1.807) is 36.4 Å². The molecule has 0 aromatic heterocycles. The van der Waals surface area contributed by atoms with Gasteiger partial charge in [-0.3, -0.25) is 14.9 Å². The SMILES string of the molecule is COC(=O)c1ccc(/C=C/c2ccc(NC(=O)c3cc(N4CCCCC4)ccc3[N+](=O)[O-])cc2)cc1. The topological polar surface area (TPSA) is 102 Å². The molecule has 8 heteroatoms. The molecule has 1 heterocycles. The summed E-state index contributed by atoms with van der Waals surface area (Å²) in [5, 5.41) is 14.3. The van der Waals surface area contributed by atoms with Crippen LogP contribution in [0.5, 0.6) is 0 Å². The van der Waals surface area contributed by atoms with Gasteiger partial charge in [0.2, 0.25) is 0 Å². The van der Waals surface area contributed by atoms with Crippen LogP contribution in [0.4, 0.5) is 17.1 Å². The fraction of sp³-hybridized carbons (Fsp3) is 0.214. The number of rotatable bonds is 7. The molecular formula is C28H27N3O5. The Morgan fingerprint density at radius 2 is 1.53 bits per heavy atom.